The Morgan fingerprint density at radius 2 is 1.86 bits per heavy atom. The van der Waals surface area contributed by atoms with Crippen molar-refractivity contribution >= 4 is 21.6 Å². The summed E-state index contributed by atoms with van der Waals surface area (Å²) in [7, 11) is -3.18. The molecule has 1 aliphatic carbocycles. The van der Waals surface area contributed by atoms with Crippen LogP contribution < -0.4 is 9.47 Å². The molecule has 2 aromatic rings. The van der Waals surface area contributed by atoms with E-state index in [0.717, 1.165) is 47.5 Å². The van der Waals surface area contributed by atoms with Crippen molar-refractivity contribution in [2.45, 2.75) is 30.8 Å². The highest BCUT2D eigenvalue weighted by Gasteiger charge is 2.16. The molecule has 28 heavy (non-hydrogen) atoms. The first-order chi connectivity index (χ1) is 13.5. The van der Waals surface area contributed by atoms with E-state index in [1.807, 2.05) is 30.3 Å². The van der Waals surface area contributed by atoms with Gasteiger partial charge in [-0.3, -0.25) is 0 Å². The fourth-order valence-electron chi connectivity index (χ4n) is 3.39. The molecule has 0 saturated carbocycles. The lowest BCUT2D eigenvalue weighted by Crippen LogP contribution is -1.97. The van der Waals surface area contributed by atoms with E-state index in [0.29, 0.717) is 11.5 Å². The number of sulfone groups is 1. The molecule has 4 rings (SSSR count). The zero-order valence-corrected chi connectivity index (χ0v) is 16.4. The Morgan fingerprint density at radius 3 is 2.64 bits per heavy atom. The largest absolute Gasteiger partial charge is 0.454 e. The number of nitrogens with zero attached hydrogens (tertiary/aromatic N) is 1. The smallest absolute Gasteiger partial charge is 0.231 e. The fraction of sp³-hybridized carbons (Fsp3) is 0.286. The van der Waals surface area contributed by atoms with Gasteiger partial charge in [0.05, 0.1) is 11.1 Å². The summed E-state index contributed by atoms with van der Waals surface area (Å²) in [4.78, 5) is 5.78. The number of rotatable bonds is 6. The van der Waals surface area contributed by atoms with Crippen molar-refractivity contribution < 1.29 is 22.7 Å². The Kier molecular flexibility index (Phi) is 5.09. The molecule has 1 heterocycles. The SMILES string of the molecule is CS(=O)(=O)c1ccc(C2=C(/C=N/OCc3ccc4c(c3)OCO4)CCC2)cc1. The van der Waals surface area contributed by atoms with Crippen LogP contribution in [0.1, 0.15) is 30.4 Å². The molecule has 6 nitrogen and oxygen atoms in total. The van der Waals surface area contributed by atoms with Crippen LogP contribution in [0.5, 0.6) is 11.5 Å². The minimum absolute atomic E-state index is 0.250. The lowest BCUT2D eigenvalue weighted by Gasteiger charge is -2.06. The summed E-state index contributed by atoms with van der Waals surface area (Å²) >= 11 is 0. The lowest BCUT2D eigenvalue weighted by atomic mass is 10.0. The van der Waals surface area contributed by atoms with Crippen LogP contribution in [-0.4, -0.2) is 27.7 Å². The number of hydrogen-bond acceptors (Lipinski definition) is 6. The zero-order chi connectivity index (χ0) is 19.6. The summed E-state index contributed by atoms with van der Waals surface area (Å²) in [5.74, 6) is 1.47. The van der Waals surface area contributed by atoms with Gasteiger partial charge in [0.1, 0.15) is 6.61 Å². The summed E-state index contributed by atoms with van der Waals surface area (Å²) in [6.45, 7) is 0.596. The first-order valence-electron chi connectivity index (χ1n) is 9.07. The van der Waals surface area contributed by atoms with Crippen LogP contribution in [0, 0.1) is 0 Å². The van der Waals surface area contributed by atoms with Crippen LogP contribution in [-0.2, 0) is 21.3 Å². The van der Waals surface area contributed by atoms with Crippen LogP contribution in [0.4, 0.5) is 0 Å². The van der Waals surface area contributed by atoms with E-state index in [4.69, 9.17) is 14.3 Å². The third kappa shape index (κ3) is 4.04. The van der Waals surface area contributed by atoms with Gasteiger partial charge in [-0.15, -0.1) is 0 Å². The molecular formula is C21H21NO5S. The highest BCUT2D eigenvalue weighted by molar-refractivity contribution is 7.90. The normalized spacial score (nSPS) is 16.2. The van der Waals surface area contributed by atoms with Crippen molar-refractivity contribution in [3.8, 4) is 11.5 Å². The Labute approximate surface area is 164 Å². The molecule has 0 saturated heterocycles. The van der Waals surface area contributed by atoms with Crippen LogP contribution in [0.15, 0.2) is 58.1 Å². The molecule has 2 aromatic carbocycles. The van der Waals surface area contributed by atoms with Gasteiger partial charge in [-0.05, 0) is 65.8 Å². The number of ether oxygens (including phenoxy) is 2. The van der Waals surface area contributed by atoms with E-state index in [1.54, 1.807) is 18.3 Å². The molecule has 7 heteroatoms. The van der Waals surface area contributed by atoms with E-state index in [1.165, 1.54) is 11.8 Å². The quantitative estimate of drug-likeness (QED) is 0.543. The third-order valence-electron chi connectivity index (χ3n) is 4.84. The Bertz CT molecular complexity index is 1040. The van der Waals surface area contributed by atoms with E-state index >= 15 is 0 Å². The first-order valence-corrected chi connectivity index (χ1v) is 11.0. The molecule has 0 atom stereocenters. The summed E-state index contributed by atoms with van der Waals surface area (Å²) in [6, 6.07) is 12.7. The predicted molar refractivity (Wildman–Crippen MR) is 106 cm³/mol. The predicted octanol–water partition coefficient (Wildman–Crippen LogP) is 3.96. The van der Waals surface area contributed by atoms with Crippen LogP contribution in [0.3, 0.4) is 0 Å². The van der Waals surface area contributed by atoms with Gasteiger partial charge < -0.3 is 14.3 Å². The van der Waals surface area contributed by atoms with Crippen molar-refractivity contribution in [1.82, 2.24) is 0 Å². The molecule has 0 aromatic heterocycles. The van der Waals surface area contributed by atoms with Gasteiger partial charge in [0.25, 0.3) is 0 Å². The molecule has 0 bridgehead atoms. The van der Waals surface area contributed by atoms with Crippen LogP contribution in [0.25, 0.3) is 5.57 Å². The van der Waals surface area contributed by atoms with Gasteiger partial charge in [-0.2, -0.15) is 0 Å². The maximum atomic E-state index is 11.6. The Hall–Kier alpha value is -2.80. The van der Waals surface area contributed by atoms with Crippen molar-refractivity contribution in [2.75, 3.05) is 13.0 Å². The topological polar surface area (TPSA) is 74.2 Å². The number of allylic oxidation sites excluding steroid dienone is 2. The van der Waals surface area contributed by atoms with E-state index < -0.39 is 9.84 Å². The molecule has 0 spiro atoms. The molecule has 1 aliphatic heterocycles. The van der Waals surface area contributed by atoms with E-state index in [-0.39, 0.29) is 6.79 Å². The highest BCUT2D eigenvalue weighted by atomic mass is 32.2. The lowest BCUT2D eigenvalue weighted by molar-refractivity contribution is 0.132. The van der Waals surface area contributed by atoms with Crippen LogP contribution in [0.2, 0.25) is 0 Å². The van der Waals surface area contributed by atoms with Crippen molar-refractivity contribution in [2.24, 2.45) is 5.16 Å². The zero-order valence-electron chi connectivity index (χ0n) is 15.6. The molecular weight excluding hydrogens is 378 g/mol. The molecule has 0 unspecified atom stereocenters. The Balaban J connectivity index is 1.42. The molecule has 0 amide bonds. The van der Waals surface area contributed by atoms with Gasteiger partial charge in [0, 0.05) is 6.26 Å². The van der Waals surface area contributed by atoms with E-state index in [2.05, 4.69) is 5.16 Å². The van der Waals surface area contributed by atoms with Gasteiger partial charge in [-0.25, -0.2) is 8.42 Å². The van der Waals surface area contributed by atoms with Gasteiger partial charge in [-0.1, -0.05) is 23.4 Å². The van der Waals surface area contributed by atoms with Gasteiger partial charge in [0.15, 0.2) is 21.3 Å². The maximum absolute atomic E-state index is 11.6. The molecule has 0 radical (unpaired) electrons. The molecule has 2 aliphatic rings. The minimum Gasteiger partial charge on any atom is -0.454 e. The summed E-state index contributed by atoms with van der Waals surface area (Å²) < 4.78 is 33.9. The molecule has 0 N–H and O–H groups in total. The first kappa shape index (κ1) is 18.6. The monoisotopic (exact) mass is 399 g/mol. The standard InChI is InChI=1S/C21H21NO5S/c1-28(23,24)18-8-6-16(7-9-18)19-4-2-3-17(19)12-22-27-13-15-5-10-20-21(11-15)26-14-25-20/h5-12H,2-4,13-14H2,1H3/b22-12+. The molecule has 146 valence electrons. The third-order valence-corrected chi connectivity index (χ3v) is 5.97. The van der Waals surface area contributed by atoms with Gasteiger partial charge in [0.2, 0.25) is 6.79 Å². The highest BCUT2D eigenvalue weighted by Crippen LogP contribution is 2.34. The number of benzene rings is 2. The second kappa shape index (κ2) is 7.67. The second-order valence-electron chi connectivity index (χ2n) is 6.85. The van der Waals surface area contributed by atoms with Crippen molar-refractivity contribution in [1.29, 1.82) is 0 Å². The number of oxime groups is 1. The summed E-state index contributed by atoms with van der Waals surface area (Å²) in [5.41, 5.74) is 4.30. The average Bonchev–Trinajstić information content (AvgIpc) is 3.33. The van der Waals surface area contributed by atoms with Crippen LogP contribution >= 0.6 is 0 Å². The number of hydrogen-bond donors (Lipinski definition) is 0. The van der Waals surface area contributed by atoms with Crippen molar-refractivity contribution in [3.63, 3.8) is 0 Å². The summed E-state index contributed by atoms with van der Waals surface area (Å²) in [6.07, 6.45) is 5.90. The molecule has 0 fully saturated rings. The maximum Gasteiger partial charge on any atom is 0.231 e. The number of fused-ring (bicyclic) bond motifs is 1. The van der Waals surface area contributed by atoms with Gasteiger partial charge >= 0.3 is 0 Å². The van der Waals surface area contributed by atoms with E-state index in [9.17, 15) is 8.42 Å². The summed E-state index contributed by atoms with van der Waals surface area (Å²) in [5, 5.41) is 4.12. The minimum atomic E-state index is -3.18. The fourth-order valence-corrected chi connectivity index (χ4v) is 4.02. The second-order valence-corrected chi connectivity index (χ2v) is 8.87. The van der Waals surface area contributed by atoms with Crippen molar-refractivity contribution in [3.05, 3.63) is 59.2 Å². The average molecular weight is 399 g/mol. The Morgan fingerprint density at radius 1 is 1.07 bits per heavy atom.